The van der Waals surface area contributed by atoms with Crippen LogP contribution in [0.2, 0.25) is 24.7 Å². The molecule has 2 atom stereocenters. The zero-order valence-electron chi connectivity index (χ0n) is 11.7. The van der Waals surface area contributed by atoms with Crippen molar-refractivity contribution in [3.8, 4) is 0 Å². The van der Waals surface area contributed by atoms with E-state index in [1.807, 2.05) is 7.11 Å². The third-order valence-corrected chi connectivity index (χ3v) is 8.82. The Morgan fingerprint density at radius 3 is 2.35 bits per heavy atom. The summed E-state index contributed by atoms with van der Waals surface area (Å²) in [5.74, 6) is 0.663. The zero-order chi connectivity index (χ0) is 12.7. The number of rotatable bonds is 4. The predicted octanol–water partition coefficient (Wildman–Crippen LogP) is 3.63. The molecule has 2 aliphatic rings. The highest BCUT2D eigenvalue weighted by Crippen LogP contribution is 2.65. The Balaban J connectivity index is 2.19. The van der Waals surface area contributed by atoms with Crippen LogP contribution in [0.5, 0.6) is 0 Å². The van der Waals surface area contributed by atoms with E-state index in [4.69, 9.17) is 4.74 Å². The molecular formula is C14H26O2Si. The van der Waals surface area contributed by atoms with Crippen LogP contribution in [0.25, 0.3) is 0 Å². The summed E-state index contributed by atoms with van der Waals surface area (Å²) in [6, 6.07) is 0. The normalized spacial score (nSPS) is 30.1. The van der Waals surface area contributed by atoms with Crippen molar-refractivity contribution in [2.45, 2.75) is 69.3 Å². The van der Waals surface area contributed by atoms with E-state index in [0.29, 0.717) is 10.8 Å². The third-order valence-electron chi connectivity index (χ3n) is 5.05. The molecule has 0 aliphatic heterocycles. The van der Waals surface area contributed by atoms with E-state index in [0.717, 1.165) is 19.3 Å². The van der Waals surface area contributed by atoms with Crippen LogP contribution in [0.1, 0.15) is 38.5 Å². The molecule has 0 radical (unpaired) electrons. The first-order valence-electron chi connectivity index (χ1n) is 6.98. The Hall–Kier alpha value is -0.153. The van der Waals surface area contributed by atoms with Crippen molar-refractivity contribution >= 4 is 13.9 Å². The lowest BCUT2D eigenvalue weighted by molar-refractivity contribution is -0.130. The molecule has 0 aromatic rings. The summed E-state index contributed by atoms with van der Waals surface area (Å²) < 4.78 is 5.83. The molecule has 0 saturated heterocycles. The second-order valence-electron chi connectivity index (χ2n) is 6.88. The zero-order valence-corrected chi connectivity index (χ0v) is 12.7. The van der Waals surface area contributed by atoms with Crippen LogP contribution < -0.4 is 0 Å². The predicted molar refractivity (Wildman–Crippen MR) is 73.0 cm³/mol. The van der Waals surface area contributed by atoms with Gasteiger partial charge in [-0.2, -0.15) is 0 Å². The fourth-order valence-electron chi connectivity index (χ4n) is 3.70. The van der Waals surface area contributed by atoms with Crippen molar-refractivity contribution in [2.75, 3.05) is 7.11 Å². The van der Waals surface area contributed by atoms with Gasteiger partial charge in [0, 0.05) is 19.4 Å². The highest BCUT2D eigenvalue weighted by Gasteiger charge is 2.60. The van der Waals surface area contributed by atoms with Crippen molar-refractivity contribution in [2.24, 2.45) is 5.92 Å². The van der Waals surface area contributed by atoms with Gasteiger partial charge in [-0.15, -0.1) is 0 Å². The van der Waals surface area contributed by atoms with Crippen molar-refractivity contribution in [3.63, 3.8) is 0 Å². The quantitative estimate of drug-likeness (QED) is 0.716. The van der Waals surface area contributed by atoms with E-state index in [-0.39, 0.29) is 12.0 Å². The van der Waals surface area contributed by atoms with E-state index in [2.05, 4.69) is 19.6 Å². The minimum absolute atomic E-state index is 0.197. The van der Waals surface area contributed by atoms with Gasteiger partial charge in [-0.3, -0.25) is 4.79 Å². The van der Waals surface area contributed by atoms with E-state index < -0.39 is 8.07 Å². The molecule has 2 rings (SSSR count). The SMILES string of the molecule is CO[C@H]([C@H]1CCCCC1=O)C1([Si](C)(C)C)CC1. The van der Waals surface area contributed by atoms with E-state index in [1.54, 1.807) is 0 Å². The van der Waals surface area contributed by atoms with Crippen LogP contribution in [0.3, 0.4) is 0 Å². The first-order valence-corrected chi connectivity index (χ1v) is 10.5. The molecule has 0 aromatic carbocycles. The minimum Gasteiger partial charge on any atom is -0.380 e. The molecule has 2 nitrogen and oxygen atoms in total. The first-order chi connectivity index (χ1) is 7.92. The van der Waals surface area contributed by atoms with Gasteiger partial charge in [0.2, 0.25) is 0 Å². The van der Waals surface area contributed by atoms with Gasteiger partial charge < -0.3 is 4.74 Å². The number of Topliss-reactive ketones (excluding diaryl/α,β-unsaturated/α-hetero) is 1. The molecule has 2 fully saturated rings. The molecule has 0 bridgehead atoms. The van der Waals surface area contributed by atoms with Gasteiger partial charge in [0.15, 0.2) is 0 Å². The van der Waals surface area contributed by atoms with E-state index in [9.17, 15) is 4.79 Å². The molecule has 0 heterocycles. The fraction of sp³-hybridized carbons (Fsp3) is 0.929. The maximum absolute atomic E-state index is 12.1. The topological polar surface area (TPSA) is 26.3 Å². The Labute approximate surface area is 106 Å². The molecular weight excluding hydrogens is 228 g/mol. The van der Waals surface area contributed by atoms with Crippen LogP contribution in [0.4, 0.5) is 0 Å². The Morgan fingerprint density at radius 1 is 1.29 bits per heavy atom. The Morgan fingerprint density at radius 2 is 1.94 bits per heavy atom. The number of hydrogen-bond donors (Lipinski definition) is 0. The van der Waals surface area contributed by atoms with Crippen LogP contribution in [0.15, 0.2) is 0 Å². The lowest BCUT2D eigenvalue weighted by Gasteiger charge is -2.40. The van der Waals surface area contributed by atoms with Gasteiger partial charge in [-0.05, 0) is 30.7 Å². The summed E-state index contributed by atoms with van der Waals surface area (Å²) in [5, 5.41) is 0.388. The Bertz CT molecular complexity index is 302. The van der Waals surface area contributed by atoms with Gasteiger partial charge in [-0.25, -0.2) is 0 Å². The standard InChI is InChI=1S/C14H26O2Si/c1-16-13(11-7-5-6-8-12(11)15)14(9-10-14)17(2,3)4/h11,13H,5-10H2,1-4H3/t11-,13+/m0/s1. The molecule has 17 heavy (non-hydrogen) atoms. The lowest BCUT2D eigenvalue weighted by atomic mass is 9.82. The molecule has 98 valence electrons. The summed E-state index contributed by atoms with van der Waals surface area (Å²) in [5.41, 5.74) is 0. The lowest BCUT2D eigenvalue weighted by Crippen LogP contribution is -2.45. The summed E-state index contributed by atoms with van der Waals surface area (Å²) in [6.45, 7) is 7.29. The summed E-state index contributed by atoms with van der Waals surface area (Å²) in [4.78, 5) is 12.1. The summed E-state index contributed by atoms with van der Waals surface area (Å²) in [6.07, 6.45) is 6.91. The van der Waals surface area contributed by atoms with Gasteiger partial charge in [0.05, 0.1) is 14.2 Å². The number of methoxy groups -OCH3 is 1. The van der Waals surface area contributed by atoms with Crippen LogP contribution in [-0.4, -0.2) is 27.1 Å². The first kappa shape index (κ1) is 13.3. The molecule has 0 aromatic heterocycles. The van der Waals surface area contributed by atoms with Crippen molar-refractivity contribution in [1.82, 2.24) is 0 Å². The second-order valence-corrected chi connectivity index (χ2v) is 12.4. The molecule has 2 aliphatic carbocycles. The average molecular weight is 254 g/mol. The minimum atomic E-state index is -1.25. The maximum Gasteiger partial charge on any atom is 0.138 e. The highest BCUT2D eigenvalue weighted by molar-refractivity contribution is 6.80. The summed E-state index contributed by atoms with van der Waals surface area (Å²) in [7, 11) is 0.564. The average Bonchev–Trinajstić information content (AvgIpc) is 3.02. The smallest absolute Gasteiger partial charge is 0.138 e. The number of ketones is 1. The Kier molecular flexibility index (Phi) is 3.52. The number of carbonyl (C=O) groups excluding carboxylic acids is 1. The van der Waals surface area contributed by atoms with Crippen molar-refractivity contribution in [3.05, 3.63) is 0 Å². The number of hydrogen-bond acceptors (Lipinski definition) is 2. The highest BCUT2D eigenvalue weighted by atomic mass is 28.3. The van der Waals surface area contributed by atoms with Crippen molar-refractivity contribution < 1.29 is 9.53 Å². The molecule has 0 unspecified atom stereocenters. The van der Waals surface area contributed by atoms with Gasteiger partial charge in [-0.1, -0.05) is 26.1 Å². The fourth-order valence-corrected chi connectivity index (χ4v) is 6.50. The van der Waals surface area contributed by atoms with Crippen LogP contribution in [-0.2, 0) is 9.53 Å². The molecule has 0 amide bonds. The number of carbonyl (C=O) groups is 1. The summed E-state index contributed by atoms with van der Waals surface area (Å²) >= 11 is 0. The molecule has 3 heteroatoms. The third kappa shape index (κ3) is 2.24. The maximum atomic E-state index is 12.1. The van der Waals surface area contributed by atoms with Gasteiger partial charge in [0.1, 0.15) is 5.78 Å². The van der Waals surface area contributed by atoms with Crippen LogP contribution >= 0.6 is 0 Å². The second kappa shape index (κ2) is 4.50. The van der Waals surface area contributed by atoms with E-state index in [1.165, 1.54) is 19.3 Å². The molecule has 0 spiro atoms. The van der Waals surface area contributed by atoms with Gasteiger partial charge >= 0.3 is 0 Å². The van der Waals surface area contributed by atoms with Crippen molar-refractivity contribution in [1.29, 1.82) is 0 Å². The largest absolute Gasteiger partial charge is 0.380 e. The molecule has 2 saturated carbocycles. The van der Waals surface area contributed by atoms with Gasteiger partial charge in [0.25, 0.3) is 0 Å². The monoisotopic (exact) mass is 254 g/mol. The van der Waals surface area contributed by atoms with Crippen LogP contribution in [0, 0.1) is 5.92 Å². The van der Waals surface area contributed by atoms with E-state index >= 15 is 0 Å². The number of ether oxygens (including phenoxy) is 1. The molecule has 0 N–H and O–H groups in total.